The second kappa shape index (κ2) is 9.70. The number of pyridine rings is 1. The third-order valence-corrected chi connectivity index (χ3v) is 8.90. The number of aliphatic imine (C=N–C) groups is 1. The van der Waals surface area contributed by atoms with Crippen molar-refractivity contribution in [3.8, 4) is 10.6 Å². The number of carbonyl (C=O) groups excluding carboxylic acids is 4. The summed E-state index contributed by atoms with van der Waals surface area (Å²) >= 11 is 1.41. The van der Waals surface area contributed by atoms with Gasteiger partial charge < -0.3 is 20.0 Å². The Labute approximate surface area is 229 Å². The largest absolute Gasteiger partial charge is 0.356 e. The lowest BCUT2D eigenvalue weighted by Gasteiger charge is -2.42. The van der Waals surface area contributed by atoms with Gasteiger partial charge in [-0.15, -0.1) is 11.3 Å². The topological polar surface area (TPSA) is 131 Å². The van der Waals surface area contributed by atoms with Gasteiger partial charge in [-0.25, -0.2) is 19.8 Å². The minimum absolute atomic E-state index is 0.211. The summed E-state index contributed by atoms with van der Waals surface area (Å²) < 4.78 is 0. The Hall–Kier alpha value is -3.87. The van der Waals surface area contributed by atoms with Gasteiger partial charge in [0.1, 0.15) is 22.7 Å². The number of imide groups is 1. The normalized spacial score (nSPS) is 26.1. The molecule has 13 heteroatoms. The van der Waals surface area contributed by atoms with Crippen LogP contribution in [-0.4, -0.2) is 99.6 Å². The average molecular weight is 551 g/mol. The van der Waals surface area contributed by atoms with Gasteiger partial charge in [0.2, 0.25) is 5.91 Å². The highest BCUT2D eigenvalue weighted by atomic mass is 32.1. The fraction of sp³-hybridized carbons (Fsp3) is 0.500. The molecule has 4 aliphatic rings. The first-order chi connectivity index (χ1) is 18.7. The van der Waals surface area contributed by atoms with E-state index < -0.39 is 30.2 Å². The summed E-state index contributed by atoms with van der Waals surface area (Å²) in [5.74, 6) is 1.92. The summed E-state index contributed by atoms with van der Waals surface area (Å²) in [5.41, 5.74) is 0.874. The lowest BCUT2D eigenvalue weighted by molar-refractivity contribution is -0.141. The lowest BCUT2D eigenvalue weighted by atomic mass is 10.1. The van der Waals surface area contributed by atoms with Crippen molar-refractivity contribution in [2.75, 3.05) is 36.9 Å². The average Bonchev–Trinajstić information content (AvgIpc) is 3.32. The van der Waals surface area contributed by atoms with E-state index in [9.17, 15) is 19.2 Å². The van der Waals surface area contributed by atoms with E-state index in [4.69, 9.17) is 0 Å². The monoisotopic (exact) mass is 550 g/mol. The molecule has 3 fully saturated rings. The van der Waals surface area contributed by atoms with Crippen LogP contribution in [0.15, 0.2) is 28.7 Å². The highest BCUT2D eigenvalue weighted by Gasteiger charge is 2.51. The molecule has 4 unspecified atom stereocenters. The first-order valence-electron chi connectivity index (χ1n) is 13.1. The molecule has 39 heavy (non-hydrogen) atoms. The van der Waals surface area contributed by atoms with E-state index >= 15 is 0 Å². The number of fused-ring (bicyclic) bond motifs is 2. The number of nitrogens with one attached hydrogen (secondary N) is 1. The molecule has 5 atom stereocenters. The molecule has 5 heterocycles. The molecule has 2 saturated heterocycles. The number of Topliss-reactive ketones (excluding diaryl/α,β-unsaturated/α-hetero) is 1. The van der Waals surface area contributed by atoms with E-state index in [2.05, 4.69) is 25.2 Å². The first-order valence-corrected chi connectivity index (χ1v) is 14.0. The molecule has 0 bridgehead atoms. The van der Waals surface area contributed by atoms with Crippen molar-refractivity contribution in [2.45, 2.75) is 44.9 Å². The van der Waals surface area contributed by atoms with Crippen LogP contribution in [0.2, 0.25) is 0 Å². The van der Waals surface area contributed by atoms with Crippen LogP contribution >= 0.6 is 11.3 Å². The number of piperidine rings is 1. The van der Waals surface area contributed by atoms with Crippen LogP contribution in [0.1, 0.15) is 26.7 Å². The molecule has 0 radical (unpaired) electrons. The number of likely N-dealkylation sites (N-methyl/N-ethyl adjacent to an activating group) is 1. The van der Waals surface area contributed by atoms with E-state index in [1.807, 2.05) is 18.3 Å². The van der Waals surface area contributed by atoms with Gasteiger partial charge in [-0.3, -0.25) is 19.3 Å². The summed E-state index contributed by atoms with van der Waals surface area (Å²) in [5, 5.41) is 5.33. The number of aromatic nitrogens is 2. The van der Waals surface area contributed by atoms with Gasteiger partial charge in [-0.2, -0.15) is 0 Å². The van der Waals surface area contributed by atoms with Crippen molar-refractivity contribution in [1.29, 1.82) is 0 Å². The fourth-order valence-electron chi connectivity index (χ4n) is 5.47. The second-order valence-electron chi connectivity index (χ2n) is 10.5. The number of carbonyl (C=O) groups is 4. The van der Waals surface area contributed by atoms with Crippen LogP contribution in [0.25, 0.3) is 10.6 Å². The third kappa shape index (κ3) is 4.54. The molecule has 12 nitrogen and oxygen atoms in total. The molecule has 2 aromatic rings. The van der Waals surface area contributed by atoms with Crippen LogP contribution in [-0.2, 0) is 14.4 Å². The molecule has 204 valence electrons. The number of hydrogen-bond acceptors (Lipinski definition) is 10. The van der Waals surface area contributed by atoms with Gasteiger partial charge in [0.05, 0.1) is 12.9 Å². The summed E-state index contributed by atoms with van der Waals surface area (Å²) in [6, 6.07) is 1.77. The van der Waals surface area contributed by atoms with Gasteiger partial charge in [-0.05, 0) is 37.3 Å². The van der Waals surface area contributed by atoms with Crippen molar-refractivity contribution < 1.29 is 19.2 Å². The maximum atomic E-state index is 13.2. The molecule has 1 saturated carbocycles. The van der Waals surface area contributed by atoms with Gasteiger partial charge >= 0.3 is 6.03 Å². The zero-order valence-corrected chi connectivity index (χ0v) is 22.8. The van der Waals surface area contributed by atoms with Crippen LogP contribution < -0.4 is 10.2 Å². The number of ketones is 1. The molecule has 1 aliphatic carbocycles. The fourth-order valence-corrected chi connectivity index (χ4v) is 6.21. The molecule has 6 rings (SSSR count). The number of amides is 4. The van der Waals surface area contributed by atoms with Gasteiger partial charge in [0, 0.05) is 43.7 Å². The second-order valence-corrected chi connectivity index (χ2v) is 11.4. The van der Waals surface area contributed by atoms with Crippen LogP contribution in [0.4, 0.5) is 16.4 Å². The molecule has 0 spiro atoms. The number of rotatable bonds is 8. The summed E-state index contributed by atoms with van der Waals surface area (Å²) in [4.78, 5) is 70.8. The predicted octanol–water partition coefficient (Wildman–Crippen LogP) is 1.90. The lowest BCUT2D eigenvalue weighted by Crippen LogP contribution is -2.66. The van der Waals surface area contributed by atoms with Crippen LogP contribution in [0, 0.1) is 11.8 Å². The maximum Gasteiger partial charge on any atom is 0.328 e. The molecule has 3 aliphatic heterocycles. The summed E-state index contributed by atoms with van der Waals surface area (Å²) in [6.45, 7) is 5.20. The van der Waals surface area contributed by atoms with E-state index in [1.54, 1.807) is 19.2 Å². The highest BCUT2D eigenvalue weighted by molar-refractivity contribution is 7.13. The minimum Gasteiger partial charge on any atom is -0.356 e. The third-order valence-electron chi connectivity index (χ3n) is 8.01. The van der Waals surface area contributed by atoms with Crippen molar-refractivity contribution in [1.82, 2.24) is 24.7 Å². The molecule has 2 aromatic heterocycles. The van der Waals surface area contributed by atoms with Gasteiger partial charge in [0.15, 0.2) is 18.0 Å². The summed E-state index contributed by atoms with van der Waals surface area (Å²) in [7, 11) is 1.53. The zero-order chi connectivity index (χ0) is 27.4. The quantitative estimate of drug-likeness (QED) is 0.527. The summed E-state index contributed by atoms with van der Waals surface area (Å²) in [6.07, 6.45) is 4.03. The standard InChI is InChI=1S/C26H30N8O4S/c1-4-18(35)11-33-25(37)21-22(31(3)26(33)38)28-13-34(21)14(2)23(36)29-19-12-39-24(30-19)15-5-6-20(27-8-15)32-9-16-7-17(16)10-32/h5-6,8,12-14,16-17,21-22H,4,7,9-11H2,1-3H3,(H,29,36)/t14-,16?,17?,21?,22?/m0/s1. The molecule has 1 N–H and O–H groups in total. The number of hydrogen-bond donors (Lipinski definition) is 1. The van der Waals surface area contributed by atoms with E-state index in [1.165, 1.54) is 40.9 Å². The molecular weight excluding hydrogens is 520 g/mol. The SMILES string of the molecule is CCC(=O)CN1C(=O)C2C(N=CN2[C@@H](C)C(=O)Nc2csc(-c3ccc(N4CC5CC5C4)nc3)n2)N(C)C1=O. The highest BCUT2D eigenvalue weighted by Crippen LogP contribution is 2.46. The Morgan fingerprint density at radius 1 is 1.21 bits per heavy atom. The molecular formula is C26H30N8O4S. The van der Waals surface area contributed by atoms with Crippen molar-refractivity contribution in [3.05, 3.63) is 23.7 Å². The first kappa shape index (κ1) is 25.4. The van der Waals surface area contributed by atoms with Crippen molar-refractivity contribution in [2.24, 2.45) is 16.8 Å². The van der Waals surface area contributed by atoms with Crippen LogP contribution in [0.3, 0.4) is 0 Å². The number of nitrogens with zero attached hydrogens (tertiary/aromatic N) is 7. The van der Waals surface area contributed by atoms with Gasteiger partial charge in [0.25, 0.3) is 5.91 Å². The van der Waals surface area contributed by atoms with Crippen molar-refractivity contribution >= 4 is 52.9 Å². The van der Waals surface area contributed by atoms with Crippen molar-refractivity contribution in [3.63, 3.8) is 0 Å². The predicted molar refractivity (Wildman–Crippen MR) is 145 cm³/mol. The number of anilines is 2. The van der Waals surface area contributed by atoms with E-state index in [0.717, 1.165) is 46.2 Å². The smallest absolute Gasteiger partial charge is 0.328 e. The van der Waals surface area contributed by atoms with Crippen LogP contribution in [0.5, 0.6) is 0 Å². The Kier molecular flexibility index (Phi) is 6.32. The Morgan fingerprint density at radius 3 is 2.67 bits per heavy atom. The minimum atomic E-state index is -0.893. The Morgan fingerprint density at radius 2 is 1.97 bits per heavy atom. The Balaban J connectivity index is 1.11. The molecule has 4 amide bonds. The maximum absolute atomic E-state index is 13.2. The van der Waals surface area contributed by atoms with E-state index in [0.29, 0.717) is 5.82 Å². The Bertz CT molecular complexity index is 1350. The number of thiazole rings is 1. The zero-order valence-electron chi connectivity index (χ0n) is 22.0. The molecule has 0 aromatic carbocycles. The van der Waals surface area contributed by atoms with Gasteiger partial charge in [-0.1, -0.05) is 6.92 Å². The van der Waals surface area contributed by atoms with E-state index in [-0.39, 0.29) is 24.7 Å². The number of urea groups is 1.